The Morgan fingerprint density at radius 2 is 1.71 bits per heavy atom. The lowest BCUT2D eigenvalue weighted by atomic mass is 10.1. The van der Waals surface area contributed by atoms with Crippen molar-refractivity contribution in [3.8, 4) is 0 Å². The Morgan fingerprint density at radius 1 is 1.18 bits per heavy atom. The lowest BCUT2D eigenvalue weighted by molar-refractivity contribution is -0.148. The number of carbonyl (C=O) groups is 1. The molecule has 0 spiro atoms. The van der Waals surface area contributed by atoms with Gasteiger partial charge in [-0.25, -0.2) is 0 Å². The minimum atomic E-state index is -1.17. The molecule has 90 valence electrons. The third-order valence-electron chi connectivity index (χ3n) is 1.61. The fraction of sp³-hybridized carbons (Fsp3) is 0.833. The van der Waals surface area contributed by atoms with Gasteiger partial charge >= 0.3 is 5.97 Å². The molecule has 1 atom stereocenters. The molecule has 0 heterocycles. The van der Waals surface area contributed by atoms with Gasteiger partial charge in [0.05, 0.1) is 0 Å². The molecule has 11 nitrogen and oxygen atoms in total. The third-order valence-corrected chi connectivity index (χ3v) is 1.61. The van der Waals surface area contributed by atoms with Crippen LogP contribution in [0.3, 0.4) is 0 Å². The van der Waals surface area contributed by atoms with Crippen molar-refractivity contribution >= 4 is 5.97 Å². The lowest BCUT2D eigenvalue weighted by Gasteiger charge is -2.19. The quantitative estimate of drug-likeness (QED) is 0.287. The molecular weight excluding hydrogens is 230 g/mol. The summed E-state index contributed by atoms with van der Waals surface area (Å²) in [7, 11) is 0. The van der Waals surface area contributed by atoms with Gasteiger partial charge in [-0.1, -0.05) is 10.2 Å². The highest BCUT2D eigenvalue weighted by atomic mass is 16.6. The standard InChI is InChI=1S/C6H9N9O2/c1-4(16)17-6(12-15-9)5(2-10-13-7)3-11-14-8/h5-6H,2-3H2,1H3. The second kappa shape index (κ2) is 8.69. The molecule has 0 aliphatic heterocycles. The average molecular weight is 239 g/mol. The molecule has 1 unspecified atom stereocenters. The van der Waals surface area contributed by atoms with Crippen LogP contribution >= 0.6 is 0 Å². The molecule has 0 aromatic heterocycles. The highest BCUT2D eigenvalue weighted by Gasteiger charge is 2.22. The SMILES string of the molecule is CC(=O)OC(N=[N+]=[N-])C(CN=[N+]=[N-])CN=[N+]=[N-]. The normalized spacial score (nSPS) is 12.1. The van der Waals surface area contributed by atoms with Crippen molar-refractivity contribution in [1.82, 2.24) is 0 Å². The van der Waals surface area contributed by atoms with E-state index in [9.17, 15) is 4.79 Å². The van der Waals surface area contributed by atoms with E-state index in [1.54, 1.807) is 0 Å². The second-order valence-electron chi connectivity index (χ2n) is 2.79. The van der Waals surface area contributed by atoms with Crippen LogP contribution in [0.4, 0.5) is 0 Å². The summed E-state index contributed by atoms with van der Waals surface area (Å²) in [6, 6.07) is 0. The third kappa shape index (κ3) is 6.47. The summed E-state index contributed by atoms with van der Waals surface area (Å²) in [4.78, 5) is 18.3. The van der Waals surface area contributed by atoms with Gasteiger partial charge < -0.3 is 4.74 Å². The average Bonchev–Trinajstić information content (AvgIpc) is 2.28. The summed E-state index contributed by atoms with van der Waals surface area (Å²) in [5.74, 6) is -1.35. The van der Waals surface area contributed by atoms with Crippen LogP contribution in [0, 0.1) is 5.92 Å². The number of hydrogen-bond acceptors (Lipinski definition) is 5. The summed E-state index contributed by atoms with van der Waals surface area (Å²) in [6.07, 6.45) is -1.17. The van der Waals surface area contributed by atoms with E-state index in [1.165, 1.54) is 0 Å². The predicted molar refractivity (Wildman–Crippen MR) is 56.2 cm³/mol. The fourth-order valence-electron chi connectivity index (χ4n) is 0.956. The molecule has 0 rings (SSSR count). The minimum absolute atomic E-state index is 0.119. The van der Waals surface area contributed by atoms with Gasteiger partial charge in [0.25, 0.3) is 0 Å². The number of carbonyl (C=O) groups excluding carboxylic acids is 1. The number of nitrogens with zero attached hydrogens (tertiary/aromatic N) is 9. The van der Waals surface area contributed by atoms with Gasteiger partial charge in [-0.3, -0.25) is 4.79 Å². The van der Waals surface area contributed by atoms with E-state index in [0.29, 0.717) is 0 Å². The van der Waals surface area contributed by atoms with Crippen molar-refractivity contribution < 1.29 is 9.53 Å². The van der Waals surface area contributed by atoms with Crippen LogP contribution in [0.25, 0.3) is 31.3 Å². The molecule has 0 aliphatic carbocycles. The van der Waals surface area contributed by atoms with Gasteiger partial charge in [0.1, 0.15) is 0 Å². The van der Waals surface area contributed by atoms with Gasteiger partial charge in [-0.05, 0) is 21.7 Å². The van der Waals surface area contributed by atoms with Gasteiger partial charge in [0, 0.05) is 40.7 Å². The maximum Gasteiger partial charge on any atom is 0.303 e. The maximum atomic E-state index is 10.8. The molecule has 0 saturated heterocycles. The smallest absolute Gasteiger partial charge is 0.303 e. The van der Waals surface area contributed by atoms with Gasteiger partial charge in [-0.2, -0.15) is 0 Å². The molecule has 0 saturated carbocycles. The van der Waals surface area contributed by atoms with E-state index in [1.807, 2.05) is 0 Å². The molecule has 0 amide bonds. The first-order valence-corrected chi connectivity index (χ1v) is 4.38. The minimum Gasteiger partial charge on any atom is -0.456 e. The summed E-state index contributed by atoms with van der Waals surface area (Å²) in [5.41, 5.74) is 24.7. The summed E-state index contributed by atoms with van der Waals surface area (Å²) < 4.78 is 4.72. The highest BCUT2D eigenvalue weighted by molar-refractivity contribution is 5.66. The molecule has 0 aliphatic rings. The first-order chi connectivity index (χ1) is 8.15. The highest BCUT2D eigenvalue weighted by Crippen LogP contribution is 2.12. The fourth-order valence-corrected chi connectivity index (χ4v) is 0.956. The van der Waals surface area contributed by atoms with Crippen molar-refractivity contribution in [3.63, 3.8) is 0 Å². The number of rotatable bonds is 7. The van der Waals surface area contributed by atoms with E-state index in [-0.39, 0.29) is 13.1 Å². The van der Waals surface area contributed by atoms with Crippen LogP contribution in [0.15, 0.2) is 15.3 Å². The van der Waals surface area contributed by atoms with E-state index in [4.69, 9.17) is 21.3 Å². The zero-order valence-electron chi connectivity index (χ0n) is 8.91. The summed E-state index contributed by atoms with van der Waals surface area (Å²) in [6.45, 7) is 0.900. The second-order valence-corrected chi connectivity index (χ2v) is 2.79. The largest absolute Gasteiger partial charge is 0.456 e. The summed E-state index contributed by atoms with van der Waals surface area (Å²) >= 11 is 0. The van der Waals surface area contributed by atoms with Crippen LogP contribution in [-0.4, -0.2) is 25.3 Å². The number of ether oxygens (including phenoxy) is 1. The Morgan fingerprint density at radius 3 is 2.06 bits per heavy atom. The molecule has 17 heavy (non-hydrogen) atoms. The Bertz CT molecular complexity index is 382. The molecule has 0 N–H and O–H groups in total. The number of azide groups is 3. The van der Waals surface area contributed by atoms with Crippen molar-refractivity contribution in [1.29, 1.82) is 0 Å². The van der Waals surface area contributed by atoms with E-state index < -0.39 is 18.1 Å². The van der Waals surface area contributed by atoms with E-state index in [2.05, 4.69) is 30.1 Å². The van der Waals surface area contributed by atoms with Crippen molar-refractivity contribution in [2.24, 2.45) is 21.3 Å². The van der Waals surface area contributed by atoms with Crippen molar-refractivity contribution in [3.05, 3.63) is 31.3 Å². The Labute approximate surface area is 95.2 Å². The van der Waals surface area contributed by atoms with Crippen molar-refractivity contribution in [2.45, 2.75) is 13.2 Å². The lowest BCUT2D eigenvalue weighted by Crippen LogP contribution is -2.28. The van der Waals surface area contributed by atoms with Crippen LogP contribution in [0.2, 0.25) is 0 Å². The Hall–Kier alpha value is -2.60. The van der Waals surface area contributed by atoms with Gasteiger partial charge in [0.2, 0.25) is 0 Å². The summed E-state index contributed by atoms with van der Waals surface area (Å²) in [5, 5.41) is 9.76. The van der Waals surface area contributed by atoms with Crippen molar-refractivity contribution in [2.75, 3.05) is 13.1 Å². The van der Waals surface area contributed by atoms with Crippen LogP contribution in [-0.2, 0) is 9.53 Å². The number of esters is 1. The molecule has 0 aromatic rings. The number of hydrogen-bond donors (Lipinski definition) is 0. The Balaban J connectivity index is 4.88. The monoisotopic (exact) mass is 239 g/mol. The first-order valence-electron chi connectivity index (χ1n) is 4.38. The maximum absolute atomic E-state index is 10.8. The molecule has 0 bridgehead atoms. The molecule has 0 aromatic carbocycles. The van der Waals surface area contributed by atoms with E-state index in [0.717, 1.165) is 6.92 Å². The first kappa shape index (κ1) is 14.4. The zero-order chi connectivity index (χ0) is 13.1. The van der Waals surface area contributed by atoms with E-state index >= 15 is 0 Å². The zero-order valence-corrected chi connectivity index (χ0v) is 8.91. The Kier molecular flexibility index (Phi) is 7.36. The molecule has 11 heteroatoms. The molecular formula is C6H9N9O2. The molecule has 0 radical (unpaired) electrons. The predicted octanol–water partition coefficient (Wildman–Crippen LogP) is 2.42. The van der Waals surface area contributed by atoms with Gasteiger partial charge in [-0.15, -0.1) is 0 Å². The van der Waals surface area contributed by atoms with Crippen LogP contribution in [0.1, 0.15) is 6.92 Å². The topological polar surface area (TPSA) is 173 Å². The van der Waals surface area contributed by atoms with Crippen LogP contribution in [0.5, 0.6) is 0 Å². The molecule has 0 fully saturated rings. The van der Waals surface area contributed by atoms with Gasteiger partial charge in [0.15, 0.2) is 6.23 Å². The van der Waals surface area contributed by atoms with Crippen LogP contribution < -0.4 is 0 Å².